The third kappa shape index (κ3) is 3.91. The molecule has 10 heteroatoms. The average molecular weight is 399 g/mol. The van der Waals surface area contributed by atoms with E-state index in [9.17, 15) is 19.7 Å². The third-order valence-corrected chi connectivity index (χ3v) is 5.26. The number of non-ortho nitro benzene ring substituents is 1. The van der Waals surface area contributed by atoms with Gasteiger partial charge in [0.15, 0.2) is 5.58 Å². The molecule has 0 unspecified atom stereocenters. The van der Waals surface area contributed by atoms with Crippen LogP contribution < -0.4 is 11.1 Å². The van der Waals surface area contributed by atoms with Crippen molar-refractivity contribution in [1.82, 2.24) is 14.3 Å². The minimum Gasteiger partial charge on any atom is -0.407 e. The fourth-order valence-electron chi connectivity index (χ4n) is 3.84. The molecule has 29 heavy (non-hydrogen) atoms. The summed E-state index contributed by atoms with van der Waals surface area (Å²) >= 11 is 0. The molecule has 1 aliphatic carbocycles. The number of hydrogen-bond acceptors (Lipinski definition) is 6. The number of aryl methyl sites for hydroxylation is 1. The van der Waals surface area contributed by atoms with Gasteiger partial charge in [0, 0.05) is 25.1 Å². The Morgan fingerprint density at radius 2 is 2.10 bits per heavy atom. The van der Waals surface area contributed by atoms with Crippen molar-refractivity contribution in [3.8, 4) is 0 Å². The largest absolute Gasteiger partial charge is 0.419 e. The molecule has 0 spiro atoms. The van der Waals surface area contributed by atoms with Gasteiger partial charge in [0.25, 0.3) is 5.69 Å². The maximum absolute atomic E-state index is 12.3. The number of nitro benzene ring substituents is 1. The van der Waals surface area contributed by atoms with Crippen molar-refractivity contribution in [3.63, 3.8) is 0 Å². The zero-order chi connectivity index (χ0) is 20.4. The first-order valence-electron chi connectivity index (χ1n) is 9.64. The Kier molecular flexibility index (Phi) is 5.15. The van der Waals surface area contributed by atoms with Crippen molar-refractivity contribution in [2.45, 2.75) is 51.1 Å². The van der Waals surface area contributed by atoms with Crippen molar-refractivity contribution in [1.29, 1.82) is 0 Å². The predicted molar refractivity (Wildman–Crippen MR) is 105 cm³/mol. The zero-order valence-corrected chi connectivity index (χ0v) is 15.7. The van der Waals surface area contributed by atoms with Gasteiger partial charge in [-0.25, -0.2) is 9.48 Å². The number of carbonyl (C=O) groups excluding carboxylic acids is 1. The first-order valence-corrected chi connectivity index (χ1v) is 9.64. The van der Waals surface area contributed by atoms with Crippen LogP contribution in [0.25, 0.3) is 11.1 Å². The number of amides is 1. The van der Waals surface area contributed by atoms with E-state index in [4.69, 9.17) is 4.42 Å². The van der Waals surface area contributed by atoms with Gasteiger partial charge < -0.3 is 9.73 Å². The third-order valence-electron chi connectivity index (χ3n) is 5.26. The molecule has 3 aromatic rings. The number of rotatable bonds is 7. The Hall–Kier alpha value is -3.43. The highest BCUT2D eigenvalue weighted by atomic mass is 16.6. The number of nitro groups is 1. The highest BCUT2D eigenvalue weighted by molar-refractivity contribution is 5.89. The van der Waals surface area contributed by atoms with E-state index in [2.05, 4.69) is 10.4 Å². The molecule has 1 N–H and O–H groups in total. The molecule has 0 atom stereocenters. The van der Waals surface area contributed by atoms with Crippen molar-refractivity contribution in [3.05, 3.63) is 51.1 Å². The van der Waals surface area contributed by atoms with Gasteiger partial charge in [-0.15, -0.1) is 0 Å². The lowest BCUT2D eigenvalue weighted by molar-refractivity contribution is -0.384. The molecule has 2 heterocycles. The molecule has 1 fully saturated rings. The molecule has 1 aromatic carbocycles. The van der Waals surface area contributed by atoms with Crippen LogP contribution in [0.4, 0.5) is 11.5 Å². The maximum Gasteiger partial charge on any atom is 0.419 e. The second kappa shape index (κ2) is 7.90. The normalized spacial score (nSPS) is 14.5. The summed E-state index contributed by atoms with van der Waals surface area (Å²) in [6.45, 7) is 0.277. The summed E-state index contributed by atoms with van der Waals surface area (Å²) in [5, 5.41) is 18.1. The van der Waals surface area contributed by atoms with Gasteiger partial charge in [0.2, 0.25) is 5.91 Å². The van der Waals surface area contributed by atoms with Crippen LogP contribution >= 0.6 is 0 Å². The van der Waals surface area contributed by atoms with Gasteiger partial charge in [0.05, 0.1) is 28.7 Å². The van der Waals surface area contributed by atoms with Crippen molar-refractivity contribution >= 4 is 28.5 Å². The van der Waals surface area contributed by atoms with Crippen molar-refractivity contribution < 1.29 is 14.1 Å². The molecule has 0 radical (unpaired) electrons. The molecule has 152 valence electrons. The van der Waals surface area contributed by atoms with Gasteiger partial charge in [-0.3, -0.25) is 19.5 Å². The topological polar surface area (TPSA) is 125 Å². The molecule has 1 aliphatic rings. The summed E-state index contributed by atoms with van der Waals surface area (Å²) < 4.78 is 8.36. The van der Waals surface area contributed by atoms with E-state index in [0.717, 1.165) is 12.8 Å². The second-order valence-electron chi connectivity index (χ2n) is 7.18. The van der Waals surface area contributed by atoms with Crippen LogP contribution in [0, 0.1) is 10.1 Å². The summed E-state index contributed by atoms with van der Waals surface area (Å²) in [6, 6.07) is 6.16. The Morgan fingerprint density at radius 1 is 1.31 bits per heavy atom. The number of nitrogens with zero attached hydrogens (tertiary/aromatic N) is 4. The van der Waals surface area contributed by atoms with Crippen LogP contribution in [0.5, 0.6) is 0 Å². The summed E-state index contributed by atoms with van der Waals surface area (Å²) in [7, 11) is 0. The van der Waals surface area contributed by atoms with Crippen LogP contribution in [0.15, 0.2) is 39.7 Å². The highest BCUT2D eigenvalue weighted by Gasteiger charge is 2.20. The zero-order valence-electron chi connectivity index (χ0n) is 15.7. The number of aromatic nitrogens is 3. The number of nitrogens with one attached hydrogen (secondary N) is 1. The second-order valence-corrected chi connectivity index (χ2v) is 7.18. The number of fused-ring (bicyclic) bond motifs is 1. The molecule has 0 saturated heterocycles. The van der Waals surface area contributed by atoms with E-state index in [1.54, 1.807) is 12.3 Å². The van der Waals surface area contributed by atoms with E-state index < -0.39 is 10.7 Å². The summed E-state index contributed by atoms with van der Waals surface area (Å²) in [5.41, 5.74) is 0.492. The van der Waals surface area contributed by atoms with Crippen LogP contribution in [0.3, 0.4) is 0 Å². The Labute approximate surface area is 165 Å². The van der Waals surface area contributed by atoms with E-state index in [1.165, 1.54) is 35.6 Å². The Bertz CT molecular complexity index is 1110. The number of carbonyl (C=O) groups is 1. The van der Waals surface area contributed by atoms with Gasteiger partial charge in [-0.05, 0) is 25.3 Å². The van der Waals surface area contributed by atoms with E-state index >= 15 is 0 Å². The molecule has 4 rings (SSSR count). The SMILES string of the molecule is O=C(CCCn1c(=O)oc2cc([N+](=O)[O-])ccc21)Nc1ccnn1C1CCCC1. The average Bonchev–Trinajstić information content (AvgIpc) is 3.41. The fourth-order valence-corrected chi connectivity index (χ4v) is 3.84. The quantitative estimate of drug-likeness (QED) is 0.480. The van der Waals surface area contributed by atoms with E-state index in [0.29, 0.717) is 23.8 Å². The number of hydrogen-bond donors (Lipinski definition) is 1. The number of benzene rings is 1. The van der Waals surface area contributed by atoms with Gasteiger partial charge in [0.1, 0.15) is 5.82 Å². The molecule has 10 nitrogen and oxygen atoms in total. The van der Waals surface area contributed by atoms with E-state index in [1.807, 2.05) is 4.68 Å². The molecule has 2 aromatic heterocycles. The molecule has 1 amide bonds. The fraction of sp³-hybridized carbons (Fsp3) is 0.421. The van der Waals surface area contributed by atoms with Gasteiger partial charge >= 0.3 is 5.76 Å². The van der Waals surface area contributed by atoms with Gasteiger partial charge in [-0.1, -0.05) is 12.8 Å². The maximum atomic E-state index is 12.3. The molecule has 0 aliphatic heterocycles. The molecular formula is C19H21N5O5. The lowest BCUT2D eigenvalue weighted by atomic mass is 10.2. The Balaban J connectivity index is 1.37. The standard InChI is InChI=1S/C19H21N5O5/c25-18(21-17-9-10-20-23(17)13-4-1-2-5-13)6-3-11-22-15-8-7-14(24(27)28)12-16(15)29-19(22)26/h7-10,12-13H,1-6,11H2,(H,21,25). The predicted octanol–water partition coefficient (Wildman–Crippen LogP) is 3.23. The van der Waals surface area contributed by atoms with E-state index in [-0.39, 0.29) is 30.1 Å². The molecule has 1 saturated carbocycles. The first-order chi connectivity index (χ1) is 14.0. The minimum atomic E-state index is -0.597. The lowest BCUT2D eigenvalue weighted by Gasteiger charge is -2.14. The smallest absolute Gasteiger partial charge is 0.407 e. The summed E-state index contributed by atoms with van der Waals surface area (Å²) in [6.07, 6.45) is 6.82. The molecular weight excluding hydrogens is 378 g/mol. The van der Waals surface area contributed by atoms with Crippen LogP contribution in [-0.2, 0) is 11.3 Å². The minimum absolute atomic E-state index is 0.142. The number of oxazole rings is 1. The lowest BCUT2D eigenvalue weighted by Crippen LogP contribution is -2.19. The van der Waals surface area contributed by atoms with Crippen molar-refractivity contribution in [2.75, 3.05) is 5.32 Å². The summed E-state index contributed by atoms with van der Waals surface area (Å²) in [5.74, 6) is -0.0541. The molecule has 0 bridgehead atoms. The van der Waals surface area contributed by atoms with Crippen LogP contribution in [-0.4, -0.2) is 25.2 Å². The van der Waals surface area contributed by atoms with Crippen molar-refractivity contribution in [2.24, 2.45) is 0 Å². The number of anilines is 1. The monoisotopic (exact) mass is 399 g/mol. The van der Waals surface area contributed by atoms with Gasteiger partial charge in [-0.2, -0.15) is 5.10 Å². The highest BCUT2D eigenvalue weighted by Crippen LogP contribution is 2.31. The van der Waals surface area contributed by atoms with Crippen LogP contribution in [0.2, 0.25) is 0 Å². The first kappa shape index (κ1) is 18.9. The van der Waals surface area contributed by atoms with Crippen LogP contribution in [0.1, 0.15) is 44.6 Å². The summed E-state index contributed by atoms with van der Waals surface area (Å²) in [4.78, 5) is 34.7. The Morgan fingerprint density at radius 3 is 2.86 bits per heavy atom.